The Kier molecular flexibility index (Phi) is 6.74. The van der Waals surface area contributed by atoms with Crippen LogP contribution < -0.4 is 10.0 Å². The fourth-order valence-corrected chi connectivity index (χ4v) is 4.91. The molecule has 0 bridgehead atoms. The largest absolute Gasteiger partial charge is 0.339 e. The lowest BCUT2D eigenvalue weighted by molar-refractivity contribution is 0.0725. The molecule has 7 nitrogen and oxygen atoms in total. The first-order valence-corrected chi connectivity index (χ1v) is 12.3. The SMILES string of the molecule is O=C(Nc1ccccc1C(=O)N1CCCCC1)c1ccccc1NS(=O)(=O)c1ccccc1. The molecule has 8 heteroatoms. The maximum Gasteiger partial charge on any atom is 0.261 e. The molecule has 0 radical (unpaired) electrons. The number of nitrogens with one attached hydrogen (secondary N) is 2. The molecule has 0 unspecified atom stereocenters. The van der Waals surface area contributed by atoms with Crippen molar-refractivity contribution in [2.75, 3.05) is 23.1 Å². The Hall–Kier alpha value is -3.65. The van der Waals surface area contributed by atoms with E-state index >= 15 is 0 Å². The quantitative estimate of drug-likeness (QED) is 0.568. The molecule has 2 N–H and O–H groups in total. The zero-order valence-corrected chi connectivity index (χ0v) is 18.8. The van der Waals surface area contributed by atoms with Crippen LogP contribution in [0.25, 0.3) is 0 Å². The third kappa shape index (κ3) is 5.23. The maximum absolute atomic E-state index is 13.1. The topological polar surface area (TPSA) is 95.6 Å². The molecule has 3 aromatic rings. The van der Waals surface area contributed by atoms with E-state index in [1.807, 2.05) is 0 Å². The van der Waals surface area contributed by atoms with E-state index in [2.05, 4.69) is 10.0 Å². The number of para-hydroxylation sites is 2. The van der Waals surface area contributed by atoms with Gasteiger partial charge in [0.2, 0.25) is 0 Å². The van der Waals surface area contributed by atoms with E-state index in [1.54, 1.807) is 59.5 Å². The molecule has 0 saturated carbocycles. The van der Waals surface area contributed by atoms with Crippen molar-refractivity contribution in [3.63, 3.8) is 0 Å². The molecule has 0 atom stereocenters. The van der Waals surface area contributed by atoms with E-state index < -0.39 is 15.9 Å². The summed E-state index contributed by atoms with van der Waals surface area (Å²) in [6, 6.07) is 21.2. The molecule has 1 heterocycles. The van der Waals surface area contributed by atoms with Crippen molar-refractivity contribution >= 4 is 33.2 Å². The first-order chi connectivity index (χ1) is 16.0. The minimum Gasteiger partial charge on any atom is -0.339 e. The van der Waals surface area contributed by atoms with Gasteiger partial charge in [0.05, 0.1) is 27.4 Å². The van der Waals surface area contributed by atoms with Gasteiger partial charge >= 0.3 is 0 Å². The van der Waals surface area contributed by atoms with Crippen molar-refractivity contribution in [3.8, 4) is 0 Å². The van der Waals surface area contributed by atoms with Crippen molar-refractivity contribution in [3.05, 3.63) is 90.0 Å². The Morgan fingerprint density at radius 1 is 0.697 bits per heavy atom. The van der Waals surface area contributed by atoms with Gasteiger partial charge in [0, 0.05) is 13.1 Å². The van der Waals surface area contributed by atoms with Gasteiger partial charge in [-0.1, -0.05) is 42.5 Å². The molecule has 1 fully saturated rings. The predicted molar refractivity (Wildman–Crippen MR) is 128 cm³/mol. The number of hydrogen-bond donors (Lipinski definition) is 2. The fraction of sp³-hybridized carbons (Fsp3) is 0.200. The van der Waals surface area contributed by atoms with Gasteiger partial charge in [-0.25, -0.2) is 8.42 Å². The van der Waals surface area contributed by atoms with Crippen LogP contribution in [0, 0.1) is 0 Å². The van der Waals surface area contributed by atoms with Crippen molar-refractivity contribution in [2.24, 2.45) is 0 Å². The Labute approximate surface area is 193 Å². The molecular formula is C25H25N3O4S. The van der Waals surface area contributed by atoms with Crippen LogP contribution in [0.1, 0.15) is 40.0 Å². The molecule has 0 aromatic heterocycles. The second kappa shape index (κ2) is 9.87. The molecule has 1 saturated heterocycles. The molecule has 1 aliphatic rings. The molecule has 0 aliphatic carbocycles. The van der Waals surface area contributed by atoms with Gasteiger partial charge in [0.25, 0.3) is 21.8 Å². The summed E-state index contributed by atoms with van der Waals surface area (Å²) in [5.74, 6) is -0.635. The third-order valence-electron chi connectivity index (χ3n) is 5.52. The first-order valence-electron chi connectivity index (χ1n) is 10.8. The van der Waals surface area contributed by atoms with Crippen molar-refractivity contribution in [1.82, 2.24) is 4.90 Å². The minimum atomic E-state index is -3.87. The monoisotopic (exact) mass is 463 g/mol. The normalized spacial score (nSPS) is 13.9. The second-order valence-electron chi connectivity index (χ2n) is 7.82. The highest BCUT2D eigenvalue weighted by Crippen LogP contribution is 2.24. The van der Waals surface area contributed by atoms with Crippen LogP contribution in [-0.4, -0.2) is 38.2 Å². The number of sulfonamides is 1. The highest BCUT2D eigenvalue weighted by atomic mass is 32.2. The van der Waals surface area contributed by atoms with Gasteiger partial charge in [-0.15, -0.1) is 0 Å². The summed E-state index contributed by atoms with van der Waals surface area (Å²) in [4.78, 5) is 28.1. The number of piperidine rings is 1. The van der Waals surface area contributed by atoms with E-state index in [-0.39, 0.29) is 22.1 Å². The minimum absolute atomic E-state index is 0.0951. The Morgan fingerprint density at radius 2 is 1.27 bits per heavy atom. The fourth-order valence-electron chi connectivity index (χ4n) is 3.81. The van der Waals surface area contributed by atoms with Gasteiger partial charge in [-0.3, -0.25) is 14.3 Å². The van der Waals surface area contributed by atoms with Crippen LogP contribution in [0.2, 0.25) is 0 Å². The average molecular weight is 464 g/mol. The maximum atomic E-state index is 13.1. The first kappa shape index (κ1) is 22.5. The molecular weight excluding hydrogens is 438 g/mol. The average Bonchev–Trinajstić information content (AvgIpc) is 2.85. The number of nitrogens with zero attached hydrogens (tertiary/aromatic N) is 1. The summed E-state index contributed by atoms with van der Waals surface area (Å²) in [7, 11) is -3.87. The molecule has 2 amide bonds. The Balaban J connectivity index is 1.58. The van der Waals surface area contributed by atoms with Crippen molar-refractivity contribution < 1.29 is 18.0 Å². The molecule has 33 heavy (non-hydrogen) atoms. The van der Waals surface area contributed by atoms with Gasteiger partial charge in [-0.05, 0) is 55.7 Å². The third-order valence-corrected chi connectivity index (χ3v) is 6.90. The standard InChI is InChI=1S/C25H25N3O4S/c29-24(26-22-15-7-6-14-21(22)25(30)28-17-9-2-10-18-28)20-13-5-8-16-23(20)27-33(31,32)19-11-3-1-4-12-19/h1,3-8,11-16,27H,2,9-10,17-18H2,(H,26,29). The number of rotatable bonds is 6. The lowest BCUT2D eigenvalue weighted by atomic mass is 10.1. The number of carbonyl (C=O) groups is 2. The number of hydrogen-bond acceptors (Lipinski definition) is 4. The predicted octanol–water partition coefficient (Wildman–Crippen LogP) is 4.37. The van der Waals surface area contributed by atoms with Gasteiger partial charge in [-0.2, -0.15) is 0 Å². The van der Waals surface area contributed by atoms with Crippen LogP contribution in [0.15, 0.2) is 83.8 Å². The summed E-state index contributed by atoms with van der Waals surface area (Å²) in [6.07, 6.45) is 3.04. The molecule has 4 rings (SSSR count). The van der Waals surface area contributed by atoms with E-state index in [1.165, 1.54) is 24.3 Å². The van der Waals surface area contributed by atoms with Crippen LogP contribution >= 0.6 is 0 Å². The van der Waals surface area contributed by atoms with Gasteiger partial charge in [0.15, 0.2) is 0 Å². The van der Waals surface area contributed by atoms with Crippen LogP contribution in [0.5, 0.6) is 0 Å². The lowest BCUT2D eigenvalue weighted by Gasteiger charge is -2.27. The summed E-state index contributed by atoms with van der Waals surface area (Å²) < 4.78 is 28.0. The van der Waals surface area contributed by atoms with E-state index in [9.17, 15) is 18.0 Å². The molecule has 170 valence electrons. The number of anilines is 2. The number of benzene rings is 3. The van der Waals surface area contributed by atoms with E-state index in [0.717, 1.165) is 19.3 Å². The second-order valence-corrected chi connectivity index (χ2v) is 9.50. The summed E-state index contributed by atoms with van der Waals surface area (Å²) in [5, 5.41) is 2.79. The lowest BCUT2D eigenvalue weighted by Crippen LogP contribution is -2.36. The molecule has 1 aliphatic heterocycles. The highest BCUT2D eigenvalue weighted by molar-refractivity contribution is 7.92. The Morgan fingerprint density at radius 3 is 1.97 bits per heavy atom. The van der Waals surface area contributed by atoms with E-state index in [0.29, 0.717) is 24.3 Å². The van der Waals surface area contributed by atoms with E-state index in [4.69, 9.17) is 0 Å². The molecule has 0 spiro atoms. The van der Waals surface area contributed by atoms with Crippen molar-refractivity contribution in [2.45, 2.75) is 24.2 Å². The summed E-state index contributed by atoms with van der Waals surface area (Å²) in [6.45, 7) is 1.40. The summed E-state index contributed by atoms with van der Waals surface area (Å²) in [5.41, 5.74) is 1.10. The number of carbonyl (C=O) groups excluding carboxylic acids is 2. The number of likely N-dealkylation sites (tertiary alicyclic amines) is 1. The van der Waals surface area contributed by atoms with Crippen molar-refractivity contribution in [1.29, 1.82) is 0 Å². The van der Waals surface area contributed by atoms with Gasteiger partial charge in [0.1, 0.15) is 0 Å². The molecule has 3 aromatic carbocycles. The highest BCUT2D eigenvalue weighted by Gasteiger charge is 2.23. The number of amides is 2. The van der Waals surface area contributed by atoms with Crippen LogP contribution in [-0.2, 0) is 10.0 Å². The summed E-state index contributed by atoms with van der Waals surface area (Å²) >= 11 is 0. The Bertz CT molecular complexity index is 1250. The van der Waals surface area contributed by atoms with Gasteiger partial charge < -0.3 is 10.2 Å². The zero-order valence-electron chi connectivity index (χ0n) is 18.0. The zero-order chi connectivity index (χ0) is 23.3. The van der Waals surface area contributed by atoms with Crippen LogP contribution in [0.4, 0.5) is 11.4 Å². The smallest absolute Gasteiger partial charge is 0.261 e. The van der Waals surface area contributed by atoms with Crippen LogP contribution in [0.3, 0.4) is 0 Å².